The van der Waals surface area contributed by atoms with Crippen molar-refractivity contribution < 1.29 is 0 Å². The van der Waals surface area contributed by atoms with Crippen molar-refractivity contribution in [3.63, 3.8) is 0 Å². The lowest BCUT2D eigenvalue weighted by Crippen LogP contribution is -2.44. The van der Waals surface area contributed by atoms with Crippen molar-refractivity contribution in [1.82, 2.24) is 15.1 Å². The molecule has 0 aliphatic carbocycles. The van der Waals surface area contributed by atoms with Gasteiger partial charge in [0.15, 0.2) is 0 Å². The number of benzene rings is 1. The molecular weight excluding hydrogens is 236 g/mol. The van der Waals surface area contributed by atoms with Gasteiger partial charge in [-0.05, 0) is 19.2 Å². The molecule has 1 aromatic heterocycles. The standard InChI is InChI=1S/C12H15ClN4/c1-16-2-4-17(5-3-16)12-7-9(13)6-11-10(12)8-14-15-11/h6-8H,2-5H2,1H3,(H,14,15). The Bertz CT molecular complexity index is 528. The maximum Gasteiger partial charge on any atom is 0.0686 e. The van der Waals surface area contributed by atoms with Crippen LogP contribution in [0, 0.1) is 0 Å². The number of hydrogen-bond donors (Lipinski definition) is 1. The summed E-state index contributed by atoms with van der Waals surface area (Å²) in [6.45, 7) is 4.26. The molecule has 0 unspecified atom stereocenters. The fourth-order valence-electron chi connectivity index (χ4n) is 2.31. The molecule has 0 atom stereocenters. The molecule has 4 nitrogen and oxygen atoms in total. The van der Waals surface area contributed by atoms with Crippen LogP contribution in [0.4, 0.5) is 5.69 Å². The van der Waals surface area contributed by atoms with Crippen LogP contribution in [0.15, 0.2) is 18.3 Å². The van der Waals surface area contributed by atoms with E-state index in [4.69, 9.17) is 11.6 Å². The van der Waals surface area contributed by atoms with E-state index in [-0.39, 0.29) is 0 Å². The number of fused-ring (bicyclic) bond motifs is 1. The first-order valence-corrected chi connectivity index (χ1v) is 6.18. The Hall–Kier alpha value is -1.26. The summed E-state index contributed by atoms with van der Waals surface area (Å²) < 4.78 is 0. The van der Waals surface area contributed by atoms with Gasteiger partial charge >= 0.3 is 0 Å². The summed E-state index contributed by atoms with van der Waals surface area (Å²) in [6.07, 6.45) is 1.87. The SMILES string of the molecule is CN1CCN(c2cc(Cl)cc3[nH]ncc23)CC1. The van der Waals surface area contributed by atoms with Crippen LogP contribution in [-0.4, -0.2) is 48.3 Å². The fourth-order valence-corrected chi connectivity index (χ4v) is 2.52. The Kier molecular flexibility index (Phi) is 2.68. The highest BCUT2D eigenvalue weighted by atomic mass is 35.5. The second-order valence-corrected chi connectivity index (χ2v) is 4.98. The van der Waals surface area contributed by atoms with Gasteiger partial charge in [-0.25, -0.2) is 0 Å². The molecule has 0 radical (unpaired) electrons. The highest BCUT2D eigenvalue weighted by Gasteiger charge is 2.17. The van der Waals surface area contributed by atoms with Gasteiger partial charge < -0.3 is 9.80 Å². The van der Waals surface area contributed by atoms with E-state index in [1.54, 1.807) is 0 Å². The molecule has 1 fully saturated rings. The minimum atomic E-state index is 0.760. The van der Waals surface area contributed by atoms with Crippen LogP contribution in [0.1, 0.15) is 0 Å². The lowest BCUT2D eigenvalue weighted by Gasteiger charge is -2.34. The van der Waals surface area contributed by atoms with Crippen molar-refractivity contribution in [2.45, 2.75) is 0 Å². The number of nitrogens with zero attached hydrogens (tertiary/aromatic N) is 3. The molecule has 1 aromatic carbocycles. The molecule has 0 bridgehead atoms. The van der Waals surface area contributed by atoms with E-state index in [1.165, 1.54) is 5.69 Å². The largest absolute Gasteiger partial charge is 0.368 e. The number of aromatic nitrogens is 2. The number of halogens is 1. The van der Waals surface area contributed by atoms with Gasteiger partial charge in [0.25, 0.3) is 0 Å². The summed E-state index contributed by atoms with van der Waals surface area (Å²) in [6, 6.07) is 3.95. The molecule has 1 saturated heterocycles. The predicted octanol–water partition coefficient (Wildman–Crippen LogP) is 1.97. The zero-order valence-electron chi connectivity index (χ0n) is 9.78. The topological polar surface area (TPSA) is 35.2 Å². The number of nitrogens with one attached hydrogen (secondary N) is 1. The van der Waals surface area contributed by atoms with Crippen molar-refractivity contribution in [3.8, 4) is 0 Å². The molecule has 1 aliphatic rings. The molecule has 1 aliphatic heterocycles. The monoisotopic (exact) mass is 250 g/mol. The molecule has 90 valence electrons. The maximum atomic E-state index is 6.14. The first-order valence-electron chi connectivity index (χ1n) is 5.80. The Labute approximate surface area is 105 Å². The average Bonchev–Trinajstić information content (AvgIpc) is 2.77. The molecule has 3 rings (SSSR count). The predicted molar refractivity (Wildman–Crippen MR) is 70.8 cm³/mol. The average molecular weight is 251 g/mol. The van der Waals surface area contributed by atoms with Crippen LogP contribution in [0.3, 0.4) is 0 Å². The molecule has 0 amide bonds. The van der Waals surface area contributed by atoms with Gasteiger partial charge in [-0.3, -0.25) is 5.10 Å². The van der Waals surface area contributed by atoms with Crippen molar-refractivity contribution in [2.24, 2.45) is 0 Å². The molecule has 2 aromatic rings. The van der Waals surface area contributed by atoms with Gasteiger partial charge in [-0.1, -0.05) is 11.6 Å². The van der Waals surface area contributed by atoms with Crippen LogP contribution in [0.25, 0.3) is 10.9 Å². The zero-order chi connectivity index (χ0) is 11.8. The highest BCUT2D eigenvalue weighted by Crippen LogP contribution is 2.30. The summed E-state index contributed by atoms with van der Waals surface area (Å²) in [5.41, 5.74) is 2.20. The third kappa shape index (κ3) is 1.98. The summed E-state index contributed by atoms with van der Waals surface area (Å²) in [7, 11) is 2.16. The van der Waals surface area contributed by atoms with Gasteiger partial charge in [0.1, 0.15) is 0 Å². The third-order valence-electron chi connectivity index (χ3n) is 3.35. The summed E-state index contributed by atoms with van der Waals surface area (Å²) in [4.78, 5) is 4.72. The third-order valence-corrected chi connectivity index (χ3v) is 3.56. The maximum absolute atomic E-state index is 6.14. The second-order valence-electron chi connectivity index (χ2n) is 4.55. The number of piperazine rings is 1. The molecule has 2 heterocycles. The van der Waals surface area contributed by atoms with E-state index in [2.05, 4.69) is 27.0 Å². The number of anilines is 1. The van der Waals surface area contributed by atoms with Crippen molar-refractivity contribution >= 4 is 28.2 Å². The highest BCUT2D eigenvalue weighted by molar-refractivity contribution is 6.31. The Balaban J connectivity index is 2.01. The van der Waals surface area contributed by atoms with Gasteiger partial charge in [-0.15, -0.1) is 0 Å². The first-order chi connectivity index (χ1) is 8.24. The summed E-state index contributed by atoms with van der Waals surface area (Å²) in [5, 5.41) is 8.98. The molecule has 0 saturated carbocycles. The molecule has 5 heteroatoms. The van der Waals surface area contributed by atoms with Crippen molar-refractivity contribution in [2.75, 3.05) is 38.1 Å². The van der Waals surface area contributed by atoms with Gasteiger partial charge in [0.2, 0.25) is 0 Å². The Morgan fingerprint density at radius 3 is 2.76 bits per heavy atom. The van der Waals surface area contributed by atoms with Gasteiger partial charge in [0, 0.05) is 42.3 Å². The lowest BCUT2D eigenvalue weighted by molar-refractivity contribution is 0.313. The van der Waals surface area contributed by atoms with E-state index in [0.717, 1.165) is 42.1 Å². The van der Waals surface area contributed by atoms with E-state index in [1.807, 2.05) is 18.3 Å². The van der Waals surface area contributed by atoms with Crippen LogP contribution < -0.4 is 4.90 Å². The number of aromatic amines is 1. The molecule has 0 spiro atoms. The quantitative estimate of drug-likeness (QED) is 0.841. The smallest absolute Gasteiger partial charge is 0.0686 e. The van der Waals surface area contributed by atoms with Gasteiger partial charge in [0.05, 0.1) is 11.7 Å². The Morgan fingerprint density at radius 1 is 1.24 bits per heavy atom. The van der Waals surface area contributed by atoms with Crippen molar-refractivity contribution in [3.05, 3.63) is 23.4 Å². The fraction of sp³-hybridized carbons (Fsp3) is 0.417. The van der Waals surface area contributed by atoms with Crippen LogP contribution in [0.2, 0.25) is 5.02 Å². The van der Waals surface area contributed by atoms with E-state index in [0.29, 0.717) is 0 Å². The minimum Gasteiger partial charge on any atom is -0.368 e. The number of likely N-dealkylation sites (N-methyl/N-ethyl adjacent to an activating group) is 1. The van der Waals surface area contributed by atoms with E-state index in [9.17, 15) is 0 Å². The van der Waals surface area contributed by atoms with E-state index < -0.39 is 0 Å². The van der Waals surface area contributed by atoms with Crippen molar-refractivity contribution in [1.29, 1.82) is 0 Å². The lowest BCUT2D eigenvalue weighted by atomic mass is 10.2. The van der Waals surface area contributed by atoms with Crippen LogP contribution in [-0.2, 0) is 0 Å². The molecular formula is C12H15ClN4. The summed E-state index contributed by atoms with van der Waals surface area (Å²) >= 11 is 6.14. The second kappa shape index (κ2) is 4.20. The van der Waals surface area contributed by atoms with Gasteiger partial charge in [-0.2, -0.15) is 5.10 Å². The number of H-pyrrole nitrogens is 1. The zero-order valence-corrected chi connectivity index (χ0v) is 10.5. The van der Waals surface area contributed by atoms with E-state index >= 15 is 0 Å². The number of hydrogen-bond acceptors (Lipinski definition) is 3. The Morgan fingerprint density at radius 2 is 2.00 bits per heavy atom. The normalized spacial score (nSPS) is 17.9. The van der Waals surface area contributed by atoms with Crippen LogP contribution >= 0.6 is 11.6 Å². The minimum absolute atomic E-state index is 0.760. The summed E-state index contributed by atoms with van der Waals surface area (Å²) in [5.74, 6) is 0. The molecule has 17 heavy (non-hydrogen) atoms. The molecule has 1 N–H and O–H groups in total. The van der Waals surface area contributed by atoms with Crippen LogP contribution in [0.5, 0.6) is 0 Å². The first kappa shape index (κ1) is 10.9. The number of rotatable bonds is 1.